The minimum atomic E-state index is -1.21. The molecule has 1 aliphatic heterocycles. The molecular formula is C17H14O6. The molecule has 0 fully saturated rings. The van der Waals surface area contributed by atoms with E-state index in [1.54, 1.807) is 24.3 Å². The van der Waals surface area contributed by atoms with E-state index in [2.05, 4.69) is 0 Å². The topological polar surface area (TPSA) is 93.1 Å². The molecule has 2 unspecified atom stereocenters. The zero-order valence-electron chi connectivity index (χ0n) is 12.2. The van der Waals surface area contributed by atoms with Gasteiger partial charge in [0.05, 0.1) is 0 Å². The summed E-state index contributed by atoms with van der Waals surface area (Å²) in [6, 6.07) is 10.5. The first-order chi connectivity index (χ1) is 11.0. The van der Waals surface area contributed by atoms with Crippen LogP contribution in [0.2, 0.25) is 0 Å². The van der Waals surface area contributed by atoms with Gasteiger partial charge in [-0.3, -0.25) is 9.59 Å². The number of hydrogen-bond donors (Lipinski definition) is 2. The van der Waals surface area contributed by atoms with Gasteiger partial charge in [-0.05, 0) is 29.8 Å². The number of carbonyl (C=O) groups is 2. The van der Waals surface area contributed by atoms with Gasteiger partial charge >= 0.3 is 5.97 Å². The number of benzene rings is 2. The van der Waals surface area contributed by atoms with Crippen LogP contribution in [0, 0.1) is 0 Å². The van der Waals surface area contributed by atoms with E-state index in [0.717, 1.165) is 0 Å². The summed E-state index contributed by atoms with van der Waals surface area (Å²) in [6.07, 6.45) is -2.07. The fourth-order valence-electron chi connectivity index (χ4n) is 2.54. The number of phenolic OH excluding ortho intramolecular Hbond substituents is 2. The molecule has 0 spiro atoms. The summed E-state index contributed by atoms with van der Waals surface area (Å²) in [5, 5.41) is 19.3. The molecule has 6 heteroatoms. The normalized spacial score (nSPS) is 19.6. The van der Waals surface area contributed by atoms with Gasteiger partial charge in [0.2, 0.25) is 11.9 Å². The van der Waals surface area contributed by atoms with Crippen molar-refractivity contribution in [1.29, 1.82) is 0 Å². The maximum atomic E-state index is 12.7. The van der Waals surface area contributed by atoms with E-state index in [1.165, 1.54) is 25.1 Å². The lowest BCUT2D eigenvalue weighted by Gasteiger charge is -2.32. The number of ketones is 1. The highest BCUT2D eigenvalue weighted by atomic mass is 16.6. The third kappa shape index (κ3) is 2.70. The molecule has 118 valence electrons. The Balaban J connectivity index is 2.08. The molecule has 2 aromatic carbocycles. The first-order valence-corrected chi connectivity index (χ1v) is 6.96. The van der Waals surface area contributed by atoms with Crippen molar-refractivity contribution in [1.82, 2.24) is 0 Å². The van der Waals surface area contributed by atoms with Crippen molar-refractivity contribution in [3.05, 3.63) is 53.6 Å². The predicted molar refractivity (Wildman–Crippen MR) is 79.5 cm³/mol. The van der Waals surface area contributed by atoms with E-state index in [0.29, 0.717) is 5.56 Å². The Morgan fingerprint density at radius 3 is 2.48 bits per heavy atom. The van der Waals surface area contributed by atoms with Gasteiger partial charge in [0.15, 0.2) is 6.10 Å². The van der Waals surface area contributed by atoms with Crippen LogP contribution >= 0.6 is 0 Å². The maximum Gasteiger partial charge on any atom is 0.303 e. The molecule has 1 aliphatic rings. The lowest BCUT2D eigenvalue weighted by Crippen LogP contribution is -2.39. The smallest absolute Gasteiger partial charge is 0.303 e. The average Bonchev–Trinajstić information content (AvgIpc) is 2.50. The summed E-state index contributed by atoms with van der Waals surface area (Å²) >= 11 is 0. The molecule has 3 rings (SSSR count). The van der Waals surface area contributed by atoms with Gasteiger partial charge in [-0.25, -0.2) is 0 Å². The second kappa shape index (κ2) is 5.64. The molecule has 0 radical (unpaired) electrons. The summed E-state index contributed by atoms with van der Waals surface area (Å²) in [4.78, 5) is 24.0. The standard InChI is InChI=1S/C17H14O6/c1-9(18)22-17-15(21)14-12(20)3-2-4-13(14)23-16(17)10-5-7-11(19)8-6-10/h2-8,16-17,19-20H,1H3. The van der Waals surface area contributed by atoms with Crippen LogP contribution in [0.3, 0.4) is 0 Å². The highest BCUT2D eigenvalue weighted by Crippen LogP contribution is 2.40. The molecule has 0 aliphatic carbocycles. The van der Waals surface area contributed by atoms with Crippen LogP contribution in [0.1, 0.15) is 28.9 Å². The molecule has 0 saturated carbocycles. The molecule has 2 atom stereocenters. The predicted octanol–water partition coefficient (Wildman–Crippen LogP) is 2.35. The van der Waals surface area contributed by atoms with Crippen molar-refractivity contribution < 1.29 is 29.3 Å². The van der Waals surface area contributed by atoms with Crippen LogP contribution in [0.25, 0.3) is 0 Å². The lowest BCUT2D eigenvalue weighted by atomic mass is 9.92. The SMILES string of the molecule is CC(=O)OC1C(=O)c2c(O)cccc2OC1c1ccc(O)cc1. The summed E-state index contributed by atoms with van der Waals surface area (Å²) in [5.41, 5.74) is 0.560. The van der Waals surface area contributed by atoms with Crippen molar-refractivity contribution in [3.63, 3.8) is 0 Å². The Labute approximate surface area is 131 Å². The molecule has 0 bridgehead atoms. The third-order valence-corrected chi connectivity index (χ3v) is 3.55. The van der Waals surface area contributed by atoms with Gasteiger partial charge in [0, 0.05) is 6.92 Å². The minimum Gasteiger partial charge on any atom is -0.508 e. The van der Waals surface area contributed by atoms with Gasteiger partial charge in [0.1, 0.15) is 22.8 Å². The summed E-state index contributed by atoms with van der Waals surface area (Å²) in [6.45, 7) is 1.20. The Bertz CT molecular complexity index is 765. The number of ether oxygens (including phenoxy) is 2. The van der Waals surface area contributed by atoms with E-state index in [1.807, 2.05) is 0 Å². The first kappa shape index (κ1) is 14.9. The van der Waals surface area contributed by atoms with E-state index < -0.39 is 24.0 Å². The number of hydrogen-bond acceptors (Lipinski definition) is 6. The molecule has 0 aromatic heterocycles. The molecule has 1 heterocycles. The highest BCUT2D eigenvalue weighted by Gasteiger charge is 2.42. The van der Waals surface area contributed by atoms with Crippen molar-refractivity contribution in [2.24, 2.45) is 0 Å². The maximum absolute atomic E-state index is 12.7. The molecule has 23 heavy (non-hydrogen) atoms. The van der Waals surface area contributed by atoms with E-state index >= 15 is 0 Å². The second-order valence-electron chi connectivity index (χ2n) is 5.17. The number of carbonyl (C=O) groups excluding carboxylic acids is 2. The number of rotatable bonds is 2. The van der Waals surface area contributed by atoms with Crippen LogP contribution in [0.15, 0.2) is 42.5 Å². The van der Waals surface area contributed by atoms with Crippen LogP contribution in [0.5, 0.6) is 17.2 Å². The highest BCUT2D eigenvalue weighted by molar-refractivity contribution is 6.06. The van der Waals surface area contributed by atoms with Gasteiger partial charge < -0.3 is 19.7 Å². The van der Waals surface area contributed by atoms with Crippen molar-refractivity contribution in [3.8, 4) is 17.2 Å². The first-order valence-electron chi connectivity index (χ1n) is 6.96. The number of phenols is 2. The Kier molecular flexibility index (Phi) is 3.65. The average molecular weight is 314 g/mol. The van der Waals surface area contributed by atoms with Gasteiger partial charge in [-0.1, -0.05) is 18.2 Å². The van der Waals surface area contributed by atoms with Crippen LogP contribution in [-0.4, -0.2) is 28.1 Å². The van der Waals surface area contributed by atoms with Crippen LogP contribution in [0.4, 0.5) is 0 Å². The fourth-order valence-corrected chi connectivity index (χ4v) is 2.54. The number of aromatic hydroxyl groups is 2. The summed E-state index contributed by atoms with van der Waals surface area (Å²) in [7, 11) is 0. The number of Topliss-reactive ketones (excluding diaryl/α,β-unsaturated/α-hetero) is 1. The van der Waals surface area contributed by atoms with Gasteiger partial charge in [-0.2, -0.15) is 0 Å². The Morgan fingerprint density at radius 1 is 1.13 bits per heavy atom. The van der Waals surface area contributed by atoms with E-state index in [-0.39, 0.29) is 22.8 Å². The minimum absolute atomic E-state index is 0.00576. The van der Waals surface area contributed by atoms with Crippen molar-refractivity contribution in [2.45, 2.75) is 19.1 Å². The monoisotopic (exact) mass is 314 g/mol. The zero-order chi connectivity index (χ0) is 16.6. The van der Waals surface area contributed by atoms with Crippen molar-refractivity contribution >= 4 is 11.8 Å². The fraction of sp³-hybridized carbons (Fsp3) is 0.176. The van der Waals surface area contributed by atoms with Crippen LogP contribution < -0.4 is 4.74 Å². The molecule has 2 N–H and O–H groups in total. The molecule has 0 amide bonds. The largest absolute Gasteiger partial charge is 0.508 e. The molecular weight excluding hydrogens is 300 g/mol. The second-order valence-corrected chi connectivity index (χ2v) is 5.17. The summed E-state index contributed by atoms with van der Waals surface area (Å²) < 4.78 is 10.9. The van der Waals surface area contributed by atoms with Crippen LogP contribution in [-0.2, 0) is 9.53 Å². The van der Waals surface area contributed by atoms with Gasteiger partial charge in [0.25, 0.3) is 0 Å². The molecule has 2 aromatic rings. The summed E-state index contributed by atoms with van der Waals surface area (Å²) in [5.74, 6) is -1.10. The van der Waals surface area contributed by atoms with Gasteiger partial charge in [-0.15, -0.1) is 0 Å². The number of esters is 1. The zero-order valence-corrected chi connectivity index (χ0v) is 12.2. The Morgan fingerprint density at radius 2 is 1.83 bits per heavy atom. The number of fused-ring (bicyclic) bond motifs is 1. The van der Waals surface area contributed by atoms with Crippen molar-refractivity contribution in [2.75, 3.05) is 0 Å². The third-order valence-electron chi connectivity index (χ3n) is 3.55. The Hall–Kier alpha value is -3.02. The quantitative estimate of drug-likeness (QED) is 0.827. The lowest BCUT2D eigenvalue weighted by molar-refractivity contribution is -0.148. The molecule has 0 saturated heterocycles. The van der Waals surface area contributed by atoms with E-state index in [9.17, 15) is 19.8 Å². The molecule has 6 nitrogen and oxygen atoms in total. The van der Waals surface area contributed by atoms with E-state index in [4.69, 9.17) is 9.47 Å².